The van der Waals surface area contributed by atoms with Crippen LogP contribution in [0.2, 0.25) is 0 Å². The average Bonchev–Trinajstić information content (AvgIpc) is 2.96. The first-order chi connectivity index (χ1) is 8.25. The molecule has 0 saturated carbocycles. The van der Waals surface area contributed by atoms with Gasteiger partial charge in [-0.15, -0.1) is 0 Å². The second-order valence-corrected chi connectivity index (χ2v) is 6.13. The Kier molecular flexibility index (Phi) is 3.24. The fourth-order valence-corrected chi connectivity index (χ4v) is 3.64. The monoisotopic (exact) mass is 294 g/mol. The highest BCUT2D eigenvalue weighted by molar-refractivity contribution is 9.10. The molecule has 1 aliphatic heterocycles. The summed E-state index contributed by atoms with van der Waals surface area (Å²) in [7, 11) is 2.29. The highest BCUT2D eigenvalue weighted by atomic mass is 79.9. The van der Waals surface area contributed by atoms with Crippen molar-refractivity contribution in [1.82, 2.24) is 10.2 Å². The van der Waals surface area contributed by atoms with Gasteiger partial charge in [-0.2, -0.15) is 0 Å². The lowest BCUT2D eigenvalue weighted by Gasteiger charge is -2.30. The van der Waals surface area contributed by atoms with E-state index in [4.69, 9.17) is 0 Å². The van der Waals surface area contributed by atoms with E-state index >= 15 is 0 Å². The number of aryl methyl sites for hydroxylation is 1. The smallest absolute Gasteiger partial charge is 0.0354 e. The minimum atomic E-state index is 0.628. The molecule has 1 aromatic carbocycles. The van der Waals surface area contributed by atoms with Crippen LogP contribution in [-0.2, 0) is 6.42 Å². The molecule has 92 valence electrons. The highest BCUT2D eigenvalue weighted by Crippen LogP contribution is 2.37. The first kappa shape index (κ1) is 11.7. The molecule has 2 aliphatic rings. The molecule has 1 fully saturated rings. The molecule has 1 aromatic rings. The Balaban J connectivity index is 1.82. The summed E-state index contributed by atoms with van der Waals surface area (Å²) >= 11 is 3.56. The van der Waals surface area contributed by atoms with E-state index in [-0.39, 0.29) is 0 Å². The van der Waals surface area contributed by atoms with E-state index in [2.05, 4.69) is 51.4 Å². The Morgan fingerprint density at radius 2 is 2.24 bits per heavy atom. The highest BCUT2D eigenvalue weighted by Gasteiger charge is 2.31. The second-order valence-electron chi connectivity index (χ2n) is 5.21. The first-order valence-electron chi connectivity index (χ1n) is 6.46. The van der Waals surface area contributed by atoms with Gasteiger partial charge in [-0.3, -0.25) is 4.90 Å². The molecule has 1 heterocycles. The minimum absolute atomic E-state index is 0.628. The number of hydrogen-bond donors (Lipinski definition) is 1. The van der Waals surface area contributed by atoms with E-state index in [1.807, 2.05) is 0 Å². The van der Waals surface area contributed by atoms with Gasteiger partial charge in [0.2, 0.25) is 0 Å². The Bertz CT molecular complexity index is 413. The number of hydrogen-bond acceptors (Lipinski definition) is 2. The van der Waals surface area contributed by atoms with Crippen LogP contribution in [0, 0.1) is 0 Å². The Hall–Kier alpha value is -0.380. The van der Waals surface area contributed by atoms with Crippen LogP contribution in [0.15, 0.2) is 22.7 Å². The van der Waals surface area contributed by atoms with Crippen molar-refractivity contribution in [3.63, 3.8) is 0 Å². The molecule has 0 amide bonds. The number of halogens is 1. The maximum absolute atomic E-state index is 3.56. The first-order valence-corrected chi connectivity index (χ1v) is 7.26. The van der Waals surface area contributed by atoms with Crippen LogP contribution < -0.4 is 5.32 Å². The molecule has 3 heteroatoms. The summed E-state index contributed by atoms with van der Waals surface area (Å²) < 4.78 is 1.21. The quantitative estimate of drug-likeness (QED) is 0.902. The molecule has 0 aromatic heterocycles. The van der Waals surface area contributed by atoms with Crippen LogP contribution in [0.5, 0.6) is 0 Å². The van der Waals surface area contributed by atoms with Crippen LogP contribution in [0.25, 0.3) is 0 Å². The lowest BCUT2D eigenvalue weighted by Crippen LogP contribution is -2.35. The summed E-state index contributed by atoms with van der Waals surface area (Å²) in [4.78, 5) is 2.58. The Labute approximate surface area is 112 Å². The van der Waals surface area contributed by atoms with Gasteiger partial charge < -0.3 is 5.32 Å². The zero-order valence-corrected chi connectivity index (χ0v) is 11.8. The van der Waals surface area contributed by atoms with Crippen molar-refractivity contribution < 1.29 is 0 Å². The van der Waals surface area contributed by atoms with E-state index in [9.17, 15) is 0 Å². The van der Waals surface area contributed by atoms with Gasteiger partial charge in [0.05, 0.1) is 0 Å². The standard InChI is InChI=1S/C14H19BrN2/c1-17(12-6-7-16-9-12)14-5-2-10-8-11(15)3-4-13(10)14/h3-4,8,12,14,16H,2,5-7,9H2,1H3. The molecule has 2 nitrogen and oxygen atoms in total. The number of nitrogens with zero attached hydrogens (tertiary/aromatic N) is 1. The maximum atomic E-state index is 3.56. The number of fused-ring (bicyclic) bond motifs is 1. The molecule has 1 N–H and O–H groups in total. The van der Waals surface area contributed by atoms with Crippen molar-refractivity contribution in [2.24, 2.45) is 0 Å². The second kappa shape index (κ2) is 4.71. The molecule has 0 bridgehead atoms. The van der Waals surface area contributed by atoms with Crippen molar-refractivity contribution in [2.45, 2.75) is 31.3 Å². The van der Waals surface area contributed by atoms with Crippen LogP contribution in [0.4, 0.5) is 0 Å². The van der Waals surface area contributed by atoms with E-state index in [1.54, 1.807) is 5.56 Å². The number of nitrogens with one attached hydrogen (secondary N) is 1. The van der Waals surface area contributed by atoms with Crippen molar-refractivity contribution in [3.05, 3.63) is 33.8 Å². The van der Waals surface area contributed by atoms with Gasteiger partial charge in [-0.05, 0) is 56.1 Å². The van der Waals surface area contributed by atoms with Gasteiger partial charge >= 0.3 is 0 Å². The molecule has 1 saturated heterocycles. The van der Waals surface area contributed by atoms with Crippen LogP contribution >= 0.6 is 15.9 Å². The Morgan fingerprint density at radius 1 is 1.35 bits per heavy atom. The fourth-order valence-electron chi connectivity index (χ4n) is 3.23. The topological polar surface area (TPSA) is 15.3 Å². The predicted octanol–water partition coefficient (Wildman–Crippen LogP) is 2.73. The molecular weight excluding hydrogens is 276 g/mol. The molecule has 2 unspecified atom stereocenters. The predicted molar refractivity (Wildman–Crippen MR) is 74.2 cm³/mol. The number of likely N-dealkylation sites (N-methyl/N-ethyl adjacent to an activating group) is 1. The molecule has 3 rings (SSSR count). The van der Waals surface area contributed by atoms with Gasteiger partial charge in [0, 0.05) is 23.1 Å². The van der Waals surface area contributed by atoms with Gasteiger partial charge in [0.25, 0.3) is 0 Å². The van der Waals surface area contributed by atoms with Gasteiger partial charge in [0.15, 0.2) is 0 Å². The largest absolute Gasteiger partial charge is 0.315 e. The van der Waals surface area contributed by atoms with Crippen LogP contribution in [-0.4, -0.2) is 31.1 Å². The fraction of sp³-hybridized carbons (Fsp3) is 0.571. The van der Waals surface area contributed by atoms with Crippen molar-refractivity contribution >= 4 is 15.9 Å². The lowest BCUT2D eigenvalue weighted by molar-refractivity contribution is 0.184. The average molecular weight is 295 g/mol. The molecular formula is C14H19BrN2. The summed E-state index contributed by atoms with van der Waals surface area (Å²) in [6.07, 6.45) is 3.79. The zero-order valence-electron chi connectivity index (χ0n) is 10.2. The molecule has 1 aliphatic carbocycles. The minimum Gasteiger partial charge on any atom is -0.315 e. The molecule has 0 radical (unpaired) electrons. The van der Waals surface area contributed by atoms with E-state index in [1.165, 1.54) is 35.8 Å². The summed E-state index contributed by atoms with van der Waals surface area (Å²) in [5.41, 5.74) is 3.07. The van der Waals surface area contributed by atoms with E-state index in [0.717, 1.165) is 12.6 Å². The third-order valence-electron chi connectivity index (χ3n) is 4.25. The summed E-state index contributed by atoms with van der Waals surface area (Å²) in [5, 5.41) is 3.46. The van der Waals surface area contributed by atoms with Crippen LogP contribution in [0.3, 0.4) is 0 Å². The third-order valence-corrected chi connectivity index (χ3v) is 4.75. The maximum Gasteiger partial charge on any atom is 0.0354 e. The van der Waals surface area contributed by atoms with Gasteiger partial charge in [-0.25, -0.2) is 0 Å². The lowest BCUT2D eigenvalue weighted by atomic mass is 10.1. The molecule has 2 atom stereocenters. The zero-order chi connectivity index (χ0) is 11.8. The summed E-state index contributed by atoms with van der Waals surface area (Å²) in [5.74, 6) is 0. The van der Waals surface area contributed by atoms with Crippen molar-refractivity contribution in [3.8, 4) is 0 Å². The van der Waals surface area contributed by atoms with Crippen LogP contribution in [0.1, 0.15) is 30.0 Å². The molecule has 0 spiro atoms. The summed E-state index contributed by atoms with van der Waals surface area (Å²) in [6.45, 7) is 2.33. The van der Waals surface area contributed by atoms with E-state index in [0.29, 0.717) is 6.04 Å². The van der Waals surface area contributed by atoms with Gasteiger partial charge in [0.1, 0.15) is 0 Å². The van der Waals surface area contributed by atoms with Gasteiger partial charge in [-0.1, -0.05) is 22.0 Å². The van der Waals surface area contributed by atoms with Crippen molar-refractivity contribution in [2.75, 3.05) is 20.1 Å². The van der Waals surface area contributed by atoms with E-state index < -0.39 is 0 Å². The molecule has 17 heavy (non-hydrogen) atoms. The normalized spacial score (nSPS) is 27.7. The third kappa shape index (κ3) is 2.16. The SMILES string of the molecule is CN(C1CCNC1)C1CCc2cc(Br)ccc21. The summed E-state index contributed by atoms with van der Waals surface area (Å²) in [6, 6.07) is 8.11. The number of benzene rings is 1. The number of rotatable bonds is 2. The Morgan fingerprint density at radius 3 is 3.00 bits per heavy atom. The van der Waals surface area contributed by atoms with Crippen molar-refractivity contribution in [1.29, 1.82) is 0 Å².